The summed E-state index contributed by atoms with van der Waals surface area (Å²) >= 11 is 0. The molecule has 2 aliphatic heterocycles. The second-order valence-corrected chi connectivity index (χ2v) is 14.7. The van der Waals surface area contributed by atoms with Crippen LogP contribution in [0.25, 0.3) is 0 Å². The third-order valence-electron chi connectivity index (χ3n) is 8.49. The molecule has 1 saturated carbocycles. The summed E-state index contributed by atoms with van der Waals surface area (Å²) in [4.78, 5) is 34.3. The summed E-state index contributed by atoms with van der Waals surface area (Å²) in [5.74, 6) is 1.46. The molecule has 1 amide bonds. The highest BCUT2D eigenvalue weighted by Gasteiger charge is 2.50. The third-order valence-corrected chi connectivity index (χ3v) is 8.49. The largest absolute Gasteiger partial charge is 0.460 e. The molecule has 0 N–H and O–H groups in total. The van der Waals surface area contributed by atoms with Crippen molar-refractivity contribution in [1.29, 1.82) is 0 Å². The van der Waals surface area contributed by atoms with E-state index < -0.39 is 0 Å². The van der Waals surface area contributed by atoms with Crippen molar-refractivity contribution in [1.82, 2.24) is 9.80 Å². The number of carbonyl (C=O) groups is 2. The van der Waals surface area contributed by atoms with Gasteiger partial charge in [-0.1, -0.05) is 72.4 Å². The molecule has 2 fully saturated rings. The molecule has 0 bridgehead atoms. The Morgan fingerprint density at radius 3 is 2.20 bits per heavy atom. The first-order chi connectivity index (χ1) is 19.1. The number of ether oxygens (including phenoxy) is 1. The molecule has 6 heteroatoms. The van der Waals surface area contributed by atoms with Gasteiger partial charge in [-0.05, 0) is 95.3 Å². The van der Waals surface area contributed by atoms with E-state index in [1.54, 1.807) is 31.2 Å². The standard InChI is InChI=1S/C24H43N3O.C11H16O2/c1-22(2,3)13-10-18-27-21(28)20(26-16-8-7-9-17-26)25-24(27)14-11-19(12-15-24)23(4,5)6;1-5-6-7-8-10(4)11(12)13-9(2)3/h19H,7-18H2,1-6H3;5-9H,1H2,2-4H3/b;7-6-,10-8+. The van der Waals surface area contributed by atoms with E-state index in [-0.39, 0.29) is 23.6 Å². The fourth-order valence-electron chi connectivity index (χ4n) is 5.99. The zero-order valence-corrected chi connectivity index (χ0v) is 27.7. The summed E-state index contributed by atoms with van der Waals surface area (Å²) in [5, 5.41) is 0. The van der Waals surface area contributed by atoms with E-state index in [1.165, 1.54) is 32.1 Å². The van der Waals surface area contributed by atoms with Crippen LogP contribution in [0.3, 0.4) is 0 Å². The molecular weight excluding hydrogens is 510 g/mol. The van der Waals surface area contributed by atoms with E-state index >= 15 is 0 Å². The molecule has 232 valence electrons. The molecule has 2 heterocycles. The molecule has 1 saturated heterocycles. The van der Waals surface area contributed by atoms with E-state index in [2.05, 4.69) is 57.9 Å². The topological polar surface area (TPSA) is 62.2 Å². The fraction of sp³-hybridized carbons (Fsp3) is 0.743. The SMILES string of the molecule is C=C/C=C\C=C(/C)C(=O)OC(C)C.CC(C)(C)CCCN1C(=O)C(N2CCCCC2)=NC12CCC(C(C)(C)C)CC2. The van der Waals surface area contributed by atoms with Gasteiger partial charge in [-0.15, -0.1) is 0 Å². The highest BCUT2D eigenvalue weighted by molar-refractivity contribution is 6.39. The molecule has 0 radical (unpaired) electrons. The molecular formula is C35H59N3O3. The van der Waals surface area contributed by atoms with Crippen LogP contribution >= 0.6 is 0 Å². The van der Waals surface area contributed by atoms with Gasteiger partial charge in [0.1, 0.15) is 5.66 Å². The quantitative estimate of drug-likeness (QED) is 0.177. The van der Waals surface area contributed by atoms with Crippen LogP contribution in [0.4, 0.5) is 0 Å². The summed E-state index contributed by atoms with van der Waals surface area (Å²) in [6.45, 7) is 25.7. The number of hydrogen-bond acceptors (Lipinski definition) is 5. The van der Waals surface area contributed by atoms with Gasteiger partial charge in [0.15, 0.2) is 5.84 Å². The fourth-order valence-corrected chi connectivity index (χ4v) is 5.99. The Hall–Kier alpha value is -2.37. The molecule has 6 nitrogen and oxygen atoms in total. The molecule has 0 aromatic heterocycles. The number of rotatable bonds is 7. The van der Waals surface area contributed by atoms with Gasteiger partial charge < -0.3 is 14.5 Å². The Kier molecular flexibility index (Phi) is 12.9. The van der Waals surface area contributed by atoms with Gasteiger partial charge in [0.2, 0.25) is 0 Å². The van der Waals surface area contributed by atoms with E-state index in [1.807, 2.05) is 13.8 Å². The minimum Gasteiger partial charge on any atom is -0.460 e. The number of esters is 1. The summed E-state index contributed by atoms with van der Waals surface area (Å²) in [5.41, 5.74) is 0.993. The van der Waals surface area contributed by atoms with E-state index in [0.29, 0.717) is 16.4 Å². The van der Waals surface area contributed by atoms with E-state index in [0.717, 1.165) is 57.1 Å². The third kappa shape index (κ3) is 10.8. The van der Waals surface area contributed by atoms with Crippen molar-refractivity contribution in [2.24, 2.45) is 21.7 Å². The highest BCUT2D eigenvalue weighted by Crippen LogP contribution is 2.46. The Bertz CT molecular complexity index is 964. The van der Waals surface area contributed by atoms with Crippen molar-refractivity contribution in [3.8, 4) is 0 Å². The summed E-state index contributed by atoms with van der Waals surface area (Å²) in [6, 6.07) is 0. The van der Waals surface area contributed by atoms with Crippen molar-refractivity contribution >= 4 is 17.7 Å². The van der Waals surface area contributed by atoms with Gasteiger partial charge in [-0.25, -0.2) is 9.79 Å². The summed E-state index contributed by atoms with van der Waals surface area (Å²) in [7, 11) is 0. The van der Waals surface area contributed by atoms with Gasteiger partial charge in [0.25, 0.3) is 5.91 Å². The lowest BCUT2D eigenvalue weighted by molar-refractivity contribution is -0.142. The normalized spacial score (nSPS) is 24.0. The average Bonchev–Trinajstić information content (AvgIpc) is 3.14. The highest BCUT2D eigenvalue weighted by atomic mass is 16.5. The number of likely N-dealkylation sites (tertiary alicyclic amines) is 1. The number of amides is 1. The van der Waals surface area contributed by atoms with Gasteiger partial charge in [-0.2, -0.15) is 0 Å². The van der Waals surface area contributed by atoms with Crippen LogP contribution in [0.1, 0.15) is 120 Å². The Labute approximate surface area is 251 Å². The van der Waals surface area contributed by atoms with Crippen LogP contribution in [0.15, 0.2) is 41.4 Å². The van der Waals surface area contributed by atoms with Crippen LogP contribution in [0.5, 0.6) is 0 Å². The van der Waals surface area contributed by atoms with Crippen molar-refractivity contribution < 1.29 is 14.3 Å². The van der Waals surface area contributed by atoms with Crippen molar-refractivity contribution in [3.63, 3.8) is 0 Å². The van der Waals surface area contributed by atoms with E-state index in [9.17, 15) is 9.59 Å². The number of nitrogens with zero attached hydrogens (tertiary/aromatic N) is 3. The van der Waals surface area contributed by atoms with Crippen molar-refractivity contribution in [2.45, 2.75) is 132 Å². The van der Waals surface area contributed by atoms with Crippen LogP contribution in [-0.2, 0) is 14.3 Å². The number of aliphatic imine (C=N–C) groups is 1. The first-order valence-electron chi connectivity index (χ1n) is 15.9. The van der Waals surface area contributed by atoms with Gasteiger partial charge in [0, 0.05) is 25.2 Å². The van der Waals surface area contributed by atoms with Crippen LogP contribution in [0, 0.1) is 16.7 Å². The maximum absolute atomic E-state index is 13.5. The number of allylic oxidation sites excluding steroid dienone is 4. The Balaban J connectivity index is 0.000000383. The molecule has 3 rings (SSSR count). The Morgan fingerprint density at radius 1 is 1.07 bits per heavy atom. The maximum Gasteiger partial charge on any atom is 0.333 e. The van der Waals surface area contributed by atoms with Crippen molar-refractivity contribution in [2.75, 3.05) is 19.6 Å². The van der Waals surface area contributed by atoms with Crippen LogP contribution in [-0.4, -0.2) is 58.9 Å². The monoisotopic (exact) mass is 569 g/mol. The number of hydrogen-bond donors (Lipinski definition) is 0. The lowest BCUT2D eigenvalue weighted by atomic mass is 9.69. The number of amidine groups is 1. The molecule has 1 spiro atoms. The predicted molar refractivity (Wildman–Crippen MR) is 172 cm³/mol. The lowest BCUT2D eigenvalue weighted by Gasteiger charge is -2.44. The minimum atomic E-state index is -0.274. The van der Waals surface area contributed by atoms with Gasteiger partial charge in [0.05, 0.1) is 6.10 Å². The first kappa shape index (κ1) is 34.8. The molecule has 3 aliphatic rings. The summed E-state index contributed by atoms with van der Waals surface area (Å²) < 4.78 is 4.98. The second-order valence-electron chi connectivity index (χ2n) is 14.7. The molecule has 0 aromatic carbocycles. The second kappa shape index (κ2) is 15.2. The van der Waals surface area contributed by atoms with Crippen LogP contribution in [0.2, 0.25) is 0 Å². The van der Waals surface area contributed by atoms with Gasteiger partial charge >= 0.3 is 5.97 Å². The zero-order chi connectivity index (χ0) is 30.8. The molecule has 0 unspecified atom stereocenters. The molecule has 0 aromatic rings. The Morgan fingerprint density at radius 2 is 1.68 bits per heavy atom. The molecule has 1 aliphatic carbocycles. The van der Waals surface area contributed by atoms with Gasteiger partial charge in [-0.3, -0.25) is 4.79 Å². The maximum atomic E-state index is 13.5. The smallest absolute Gasteiger partial charge is 0.333 e. The minimum absolute atomic E-state index is 0.0702. The van der Waals surface area contributed by atoms with Crippen molar-refractivity contribution in [3.05, 3.63) is 36.5 Å². The lowest BCUT2D eigenvalue weighted by Crippen LogP contribution is -2.51. The molecule has 0 atom stereocenters. The summed E-state index contributed by atoms with van der Waals surface area (Å²) in [6.07, 6.45) is 17.1. The number of piperidine rings is 1. The predicted octanol–water partition coefficient (Wildman–Crippen LogP) is 8.10. The van der Waals surface area contributed by atoms with E-state index in [4.69, 9.17) is 9.73 Å². The molecule has 41 heavy (non-hydrogen) atoms. The first-order valence-corrected chi connectivity index (χ1v) is 15.9. The average molecular weight is 570 g/mol. The number of carbonyl (C=O) groups excluding carboxylic acids is 2. The zero-order valence-electron chi connectivity index (χ0n) is 27.7. The van der Waals surface area contributed by atoms with Crippen LogP contribution < -0.4 is 0 Å².